The molecule has 0 amide bonds. The van der Waals surface area contributed by atoms with Crippen molar-refractivity contribution in [1.82, 2.24) is 0 Å². The molecule has 3 nitrogen and oxygen atoms in total. The van der Waals surface area contributed by atoms with E-state index in [1.54, 1.807) is 0 Å². The van der Waals surface area contributed by atoms with Crippen molar-refractivity contribution in [2.75, 3.05) is 11.9 Å². The van der Waals surface area contributed by atoms with Gasteiger partial charge in [0.15, 0.2) is 4.67 Å². The fraction of sp³-hybridized carbons (Fsp3) is 0.333. The molecular weight excluding hydrogens is 306 g/mol. The van der Waals surface area contributed by atoms with E-state index in [2.05, 4.69) is 40.3 Å². The maximum absolute atomic E-state index is 5.56. The number of halogens is 1. The van der Waals surface area contributed by atoms with Crippen LogP contribution in [0.1, 0.15) is 31.2 Å². The summed E-state index contributed by atoms with van der Waals surface area (Å²) >= 11 is 3.32. The number of hydrogen-bond acceptors (Lipinski definition) is 3. The van der Waals surface area contributed by atoms with Crippen LogP contribution in [0.2, 0.25) is 0 Å². The zero-order valence-corrected chi connectivity index (χ0v) is 12.7. The molecule has 1 atom stereocenters. The predicted molar refractivity (Wildman–Crippen MR) is 80.2 cm³/mol. The van der Waals surface area contributed by atoms with Gasteiger partial charge in [0.1, 0.15) is 5.76 Å². The molecule has 2 rings (SSSR count). The summed E-state index contributed by atoms with van der Waals surface area (Å²) < 4.78 is 11.8. The van der Waals surface area contributed by atoms with Gasteiger partial charge >= 0.3 is 0 Å². The summed E-state index contributed by atoms with van der Waals surface area (Å²) in [7, 11) is 0. The van der Waals surface area contributed by atoms with Gasteiger partial charge in [0.2, 0.25) is 0 Å². The van der Waals surface area contributed by atoms with Crippen molar-refractivity contribution in [2.45, 2.75) is 26.5 Å². The highest BCUT2D eigenvalue weighted by Gasteiger charge is 2.11. The Morgan fingerprint density at radius 1 is 1.26 bits per heavy atom. The summed E-state index contributed by atoms with van der Waals surface area (Å²) in [6, 6.07) is 12.1. The number of furan rings is 1. The third-order valence-corrected chi connectivity index (χ3v) is 3.30. The van der Waals surface area contributed by atoms with Crippen molar-refractivity contribution in [3.63, 3.8) is 0 Å². The van der Waals surface area contributed by atoms with Crippen LogP contribution in [-0.2, 0) is 11.3 Å². The number of ether oxygens (including phenoxy) is 1. The van der Waals surface area contributed by atoms with Gasteiger partial charge in [-0.05, 0) is 48.0 Å². The van der Waals surface area contributed by atoms with E-state index in [-0.39, 0.29) is 6.04 Å². The van der Waals surface area contributed by atoms with Crippen LogP contribution >= 0.6 is 15.9 Å². The van der Waals surface area contributed by atoms with Gasteiger partial charge in [-0.1, -0.05) is 18.2 Å². The molecular formula is C15H18BrNO2. The monoisotopic (exact) mass is 323 g/mol. The fourth-order valence-corrected chi connectivity index (χ4v) is 2.18. The highest BCUT2D eigenvalue weighted by atomic mass is 79.9. The molecule has 0 fully saturated rings. The Bertz CT molecular complexity index is 524. The van der Waals surface area contributed by atoms with Crippen LogP contribution < -0.4 is 5.32 Å². The van der Waals surface area contributed by atoms with Gasteiger partial charge in [-0.2, -0.15) is 0 Å². The maximum Gasteiger partial charge on any atom is 0.169 e. The first-order valence-corrected chi connectivity index (χ1v) is 7.17. The number of anilines is 1. The molecule has 1 N–H and O–H groups in total. The Morgan fingerprint density at radius 2 is 2.05 bits per heavy atom. The number of rotatable bonds is 6. The Hall–Kier alpha value is -1.26. The molecule has 0 aliphatic heterocycles. The van der Waals surface area contributed by atoms with Gasteiger partial charge in [0.25, 0.3) is 0 Å². The normalized spacial score (nSPS) is 12.4. The highest BCUT2D eigenvalue weighted by Crippen LogP contribution is 2.25. The molecule has 1 aromatic heterocycles. The second-order valence-corrected chi connectivity index (χ2v) is 5.08. The Balaban J connectivity index is 2.09. The van der Waals surface area contributed by atoms with Crippen molar-refractivity contribution in [1.29, 1.82) is 0 Å². The minimum Gasteiger partial charge on any atom is -0.452 e. The molecule has 0 bridgehead atoms. The SMILES string of the molecule is CCOCc1ccccc1NC(C)c1ccc(Br)o1. The lowest BCUT2D eigenvalue weighted by Gasteiger charge is -2.16. The van der Waals surface area contributed by atoms with Crippen LogP contribution in [0, 0.1) is 0 Å². The molecule has 4 heteroatoms. The average molecular weight is 324 g/mol. The van der Waals surface area contributed by atoms with Crippen LogP contribution in [0.15, 0.2) is 45.5 Å². The lowest BCUT2D eigenvalue weighted by Crippen LogP contribution is -2.08. The smallest absolute Gasteiger partial charge is 0.169 e. The highest BCUT2D eigenvalue weighted by molar-refractivity contribution is 9.10. The molecule has 0 saturated carbocycles. The van der Waals surface area contributed by atoms with Gasteiger partial charge in [0.05, 0.1) is 12.6 Å². The summed E-state index contributed by atoms with van der Waals surface area (Å²) in [6.07, 6.45) is 0. The van der Waals surface area contributed by atoms with E-state index in [4.69, 9.17) is 9.15 Å². The minimum absolute atomic E-state index is 0.106. The van der Waals surface area contributed by atoms with Gasteiger partial charge in [-0.25, -0.2) is 0 Å². The molecule has 0 spiro atoms. The van der Waals surface area contributed by atoms with Crippen molar-refractivity contribution in [3.05, 3.63) is 52.4 Å². The molecule has 102 valence electrons. The zero-order chi connectivity index (χ0) is 13.7. The van der Waals surface area contributed by atoms with E-state index < -0.39 is 0 Å². The number of nitrogens with one attached hydrogen (secondary N) is 1. The maximum atomic E-state index is 5.56. The summed E-state index contributed by atoms with van der Waals surface area (Å²) in [6.45, 7) is 5.41. The molecule has 0 radical (unpaired) electrons. The zero-order valence-electron chi connectivity index (χ0n) is 11.2. The van der Waals surface area contributed by atoms with Crippen LogP contribution in [-0.4, -0.2) is 6.61 Å². The first-order chi connectivity index (χ1) is 9.20. The van der Waals surface area contributed by atoms with Gasteiger partial charge in [0, 0.05) is 17.9 Å². The molecule has 1 aromatic carbocycles. The van der Waals surface area contributed by atoms with Gasteiger partial charge in [-0.3, -0.25) is 0 Å². The molecule has 0 aliphatic rings. The summed E-state index contributed by atoms with van der Waals surface area (Å²) in [5.74, 6) is 0.901. The first-order valence-electron chi connectivity index (χ1n) is 6.38. The van der Waals surface area contributed by atoms with Crippen molar-refractivity contribution < 1.29 is 9.15 Å². The second-order valence-electron chi connectivity index (χ2n) is 4.30. The number of hydrogen-bond donors (Lipinski definition) is 1. The topological polar surface area (TPSA) is 34.4 Å². The van der Waals surface area contributed by atoms with Crippen LogP contribution in [0.4, 0.5) is 5.69 Å². The van der Waals surface area contributed by atoms with Gasteiger partial charge < -0.3 is 14.5 Å². The number of para-hydroxylation sites is 1. The third kappa shape index (κ3) is 3.85. The van der Waals surface area contributed by atoms with Crippen molar-refractivity contribution >= 4 is 21.6 Å². The van der Waals surface area contributed by atoms with E-state index in [9.17, 15) is 0 Å². The van der Waals surface area contributed by atoms with Crippen molar-refractivity contribution in [3.8, 4) is 0 Å². The molecule has 1 unspecified atom stereocenters. The fourth-order valence-electron chi connectivity index (χ4n) is 1.86. The lowest BCUT2D eigenvalue weighted by molar-refractivity contribution is 0.134. The third-order valence-electron chi connectivity index (χ3n) is 2.87. The van der Waals surface area contributed by atoms with Crippen LogP contribution in [0.3, 0.4) is 0 Å². The average Bonchev–Trinajstić information content (AvgIpc) is 2.84. The van der Waals surface area contributed by atoms with E-state index in [0.717, 1.165) is 28.3 Å². The molecule has 1 heterocycles. The van der Waals surface area contributed by atoms with E-state index in [1.807, 2.05) is 31.2 Å². The standard InChI is InChI=1S/C15H18BrNO2/c1-3-18-10-12-6-4-5-7-13(12)17-11(2)14-8-9-15(16)19-14/h4-9,11,17H,3,10H2,1-2H3. The Kier molecular flexibility index (Phi) is 5.05. The van der Waals surface area contributed by atoms with E-state index >= 15 is 0 Å². The second kappa shape index (κ2) is 6.78. The molecule has 0 saturated heterocycles. The Labute approximate surface area is 122 Å². The molecule has 19 heavy (non-hydrogen) atoms. The van der Waals surface area contributed by atoms with Crippen LogP contribution in [0.25, 0.3) is 0 Å². The van der Waals surface area contributed by atoms with E-state index in [0.29, 0.717) is 6.61 Å². The lowest BCUT2D eigenvalue weighted by atomic mass is 10.1. The van der Waals surface area contributed by atoms with Gasteiger partial charge in [-0.15, -0.1) is 0 Å². The molecule has 2 aromatic rings. The summed E-state index contributed by atoms with van der Waals surface area (Å²) in [4.78, 5) is 0. The summed E-state index contributed by atoms with van der Waals surface area (Å²) in [5.41, 5.74) is 2.23. The molecule has 0 aliphatic carbocycles. The number of benzene rings is 1. The largest absolute Gasteiger partial charge is 0.452 e. The van der Waals surface area contributed by atoms with E-state index in [1.165, 1.54) is 0 Å². The first kappa shape index (κ1) is 14.2. The van der Waals surface area contributed by atoms with Crippen molar-refractivity contribution in [2.24, 2.45) is 0 Å². The predicted octanol–water partition coefficient (Wildman–Crippen LogP) is 4.75. The summed E-state index contributed by atoms with van der Waals surface area (Å²) in [5, 5.41) is 3.45. The Morgan fingerprint density at radius 3 is 2.74 bits per heavy atom. The van der Waals surface area contributed by atoms with Crippen LogP contribution in [0.5, 0.6) is 0 Å². The minimum atomic E-state index is 0.106. The quantitative estimate of drug-likeness (QED) is 0.832.